The fraction of sp³-hybridized carbons (Fsp3) is 0.684. The first kappa shape index (κ1) is 23.5. The lowest BCUT2D eigenvalue weighted by molar-refractivity contribution is -0.384. The third-order valence-corrected chi connectivity index (χ3v) is 6.92. The molecular weight excluding hydrogens is 398 g/mol. The molecule has 1 heterocycles. The van der Waals surface area contributed by atoms with E-state index < -0.39 is 14.9 Å². The second kappa shape index (κ2) is 10.3. The molecule has 0 bridgehead atoms. The Bertz CT molecular complexity index is 783. The minimum Gasteiger partial charge on any atom is -0.383 e. The maximum atomic E-state index is 13.1. The summed E-state index contributed by atoms with van der Waals surface area (Å²) in [5.74, 6) is 0.503. The van der Waals surface area contributed by atoms with E-state index >= 15 is 0 Å². The molecule has 1 fully saturated rings. The van der Waals surface area contributed by atoms with Gasteiger partial charge in [0.15, 0.2) is 0 Å². The van der Waals surface area contributed by atoms with Crippen LogP contribution in [0.3, 0.4) is 0 Å². The highest BCUT2D eigenvalue weighted by molar-refractivity contribution is 7.89. The van der Waals surface area contributed by atoms with Gasteiger partial charge in [0.1, 0.15) is 5.69 Å². The molecule has 29 heavy (non-hydrogen) atoms. The predicted molar refractivity (Wildman–Crippen MR) is 111 cm³/mol. The standard InChI is InChI=1S/C19H31N3O6S/c1-15-11-16(2)14-21(13-15)29(25,26)17-5-6-18(19(12-17)22(23)24)20(7-9-27-3)8-10-28-4/h5-6,12,15-16H,7-11,13-14H2,1-4H3/t15-,16+. The number of nitro benzene ring substituents is 1. The van der Waals surface area contributed by atoms with Gasteiger partial charge < -0.3 is 14.4 Å². The fourth-order valence-corrected chi connectivity index (χ4v) is 5.48. The van der Waals surface area contributed by atoms with Crippen molar-refractivity contribution in [2.75, 3.05) is 58.5 Å². The molecule has 0 amide bonds. The smallest absolute Gasteiger partial charge is 0.293 e. The second-order valence-corrected chi connectivity index (χ2v) is 9.59. The van der Waals surface area contributed by atoms with Crippen molar-refractivity contribution in [2.45, 2.75) is 25.2 Å². The minimum absolute atomic E-state index is 0.0484. The molecular formula is C19H31N3O6S. The van der Waals surface area contributed by atoms with Crippen LogP contribution in [0.25, 0.3) is 0 Å². The first-order chi connectivity index (χ1) is 13.7. The Hall–Kier alpha value is -1.75. The van der Waals surface area contributed by atoms with E-state index in [1.807, 2.05) is 13.8 Å². The van der Waals surface area contributed by atoms with Crippen molar-refractivity contribution < 1.29 is 22.8 Å². The first-order valence-corrected chi connectivity index (χ1v) is 11.2. The normalized spacial score (nSPS) is 20.6. The molecule has 0 spiro atoms. The number of hydrogen-bond donors (Lipinski definition) is 0. The van der Waals surface area contributed by atoms with Gasteiger partial charge in [-0.2, -0.15) is 4.31 Å². The number of anilines is 1. The summed E-state index contributed by atoms with van der Waals surface area (Å²) in [7, 11) is -0.690. The van der Waals surface area contributed by atoms with Gasteiger partial charge >= 0.3 is 0 Å². The monoisotopic (exact) mass is 429 g/mol. The van der Waals surface area contributed by atoms with Crippen molar-refractivity contribution >= 4 is 21.4 Å². The highest BCUT2D eigenvalue weighted by atomic mass is 32.2. The summed E-state index contributed by atoms with van der Waals surface area (Å²) < 4.78 is 37.9. The topological polar surface area (TPSA) is 102 Å². The van der Waals surface area contributed by atoms with Crippen LogP contribution < -0.4 is 4.90 Å². The molecule has 0 saturated carbocycles. The molecule has 0 radical (unpaired) electrons. The van der Waals surface area contributed by atoms with Gasteiger partial charge in [-0.05, 0) is 30.4 Å². The predicted octanol–water partition coefficient (Wildman–Crippen LogP) is 2.36. The number of nitro groups is 1. The second-order valence-electron chi connectivity index (χ2n) is 7.65. The lowest BCUT2D eigenvalue weighted by Crippen LogP contribution is -2.42. The third kappa shape index (κ3) is 5.88. The van der Waals surface area contributed by atoms with Crippen LogP contribution in [0.5, 0.6) is 0 Å². The van der Waals surface area contributed by atoms with Crippen LogP contribution in [0.15, 0.2) is 23.1 Å². The van der Waals surface area contributed by atoms with Crippen molar-refractivity contribution in [3.05, 3.63) is 28.3 Å². The molecule has 1 aliphatic rings. The Kier molecular flexibility index (Phi) is 8.38. The number of sulfonamides is 1. The molecule has 2 rings (SSSR count). The van der Waals surface area contributed by atoms with Crippen molar-refractivity contribution in [3.63, 3.8) is 0 Å². The summed E-state index contributed by atoms with van der Waals surface area (Å²) in [5, 5.41) is 11.7. The largest absolute Gasteiger partial charge is 0.383 e. The SMILES string of the molecule is COCCN(CCOC)c1ccc(S(=O)(=O)N2C[C@H](C)C[C@H](C)C2)cc1[N+](=O)[O-]. The van der Waals surface area contributed by atoms with E-state index in [9.17, 15) is 18.5 Å². The Morgan fingerprint density at radius 2 is 1.69 bits per heavy atom. The van der Waals surface area contributed by atoms with E-state index in [4.69, 9.17) is 9.47 Å². The molecule has 0 aliphatic carbocycles. The van der Waals surface area contributed by atoms with Gasteiger partial charge in [-0.3, -0.25) is 10.1 Å². The summed E-state index contributed by atoms with van der Waals surface area (Å²) >= 11 is 0. The molecule has 1 saturated heterocycles. The molecule has 1 aromatic rings. The summed E-state index contributed by atoms with van der Waals surface area (Å²) in [4.78, 5) is 12.9. The Labute approximate surface area is 172 Å². The number of methoxy groups -OCH3 is 2. The van der Waals surface area contributed by atoms with E-state index in [1.165, 1.54) is 22.5 Å². The van der Waals surface area contributed by atoms with Gasteiger partial charge in [0.2, 0.25) is 10.0 Å². The average molecular weight is 430 g/mol. The van der Waals surface area contributed by atoms with E-state index in [1.54, 1.807) is 19.1 Å². The summed E-state index contributed by atoms with van der Waals surface area (Å²) in [6.45, 7) is 6.50. The maximum absolute atomic E-state index is 13.1. The summed E-state index contributed by atoms with van der Waals surface area (Å²) in [6, 6.07) is 4.13. The van der Waals surface area contributed by atoms with Crippen LogP contribution >= 0.6 is 0 Å². The number of benzene rings is 1. The van der Waals surface area contributed by atoms with Crippen LogP contribution in [-0.4, -0.2) is 71.3 Å². The Morgan fingerprint density at radius 3 is 2.17 bits per heavy atom. The van der Waals surface area contributed by atoms with Crippen molar-refractivity contribution in [1.82, 2.24) is 4.31 Å². The van der Waals surface area contributed by atoms with E-state index in [0.717, 1.165) is 6.42 Å². The Morgan fingerprint density at radius 1 is 1.14 bits per heavy atom. The lowest BCUT2D eigenvalue weighted by Gasteiger charge is -2.34. The van der Waals surface area contributed by atoms with Gasteiger partial charge in [0.05, 0.1) is 23.0 Å². The fourth-order valence-electron chi connectivity index (χ4n) is 3.78. The quantitative estimate of drug-likeness (QED) is 0.415. The number of hydrogen-bond acceptors (Lipinski definition) is 7. The number of rotatable bonds is 10. The molecule has 1 aromatic carbocycles. The molecule has 164 valence electrons. The van der Waals surface area contributed by atoms with Gasteiger partial charge in [-0.15, -0.1) is 0 Å². The van der Waals surface area contributed by atoms with Crippen molar-refractivity contribution in [2.24, 2.45) is 11.8 Å². The van der Waals surface area contributed by atoms with Gasteiger partial charge in [0, 0.05) is 46.5 Å². The third-order valence-electron chi connectivity index (χ3n) is 5.09. The zero-order chi connectivity index (χ0) is 21.6. The molecule has 0 N–H and O–H groups in total. The highest BCUT2D eigenvalue weighted by Gasteiger charge is 2.33. The number of ether oxygens (including phenoxy) is 2. The van der Waals surface area contributed by atoms with Crippen molar-refractivity contribution in [3.8, 4) is 0 Å². The van der Waals surface area contributed by atoms with E-state index in [2.05, 4.69) is 0 Å². The molecule has 1 aliphatic heterocycles. The van der Waals surface area contributed by atoms with Crippen LogP contribution in [0, 0.1) is 22.0 Å². The number of piperidine rings is 1. The van der Waals surface area contributed by atoms with Crippen molar-refractivity contribution in [1.29, 1.82) is 0 Å². The Balaban J connectivity index is 2.40. The average Bonchev–Trinajstić information content (AvgIpc) is 2.67. The lowest BCUT2D eigenvalue weighted by atomic mass is 9.94. The zero-order valence-corrected chi connectivity index (χ0v) is 18.4. The molecule has 9 nitrogen and oxygen atoms in total. The summed E-state index contributed by atoms with van der Waals surface area (Å²) in [6.07, 6.45) is 0.971. The van der Waals surface area contributed by atoms with Crippen LogP contribution in [-0.2, 0) is 19.5 Å². The summed E-state index contributed by atoms with van der Waals surface area (Å²) in [5.41, 5.74) is 0.111. The molecule has 2 atom stereocenters. The number of nitrogens with zero attached hydrogens (tertiary/aromatic N) is 3. The molecule has 0 aromatic heterocycles. The zero-order valence-electron chi connectivity index (χ0n) is 17.5. The van der Waals surface area contributed by atoms with Gasteiger partial charge in [-0.1, -0.05) is 13.8 Å². The molecule has 0 unspecified atom stereocenters. The van der Waals surface area contributed by atoms with Gasteiger partial charge in [0.25, 0.3) is 5.69 Å². The van der Waals surface area contributed by atoms with Gasteiger partial charge in [-0.25, -0.2) is 8.42 Å². The highest BCUT2D eigenvalue weighted by Crippen LogP contribution is 2.33. The van der Waals surface area contributed by atoms with E-state index in [-0.39, 0.29) is 22.4 Å². The van der Waals surface area contributed by atoms with E-state index in [0.29, 0.717) is 45.1 Å². The maximum Gasteiger partial charge on any atom is 0.293 e. The molecule has 10 heteroatoms. The first-order valence-electron chi connectivity index (χ1n) is 9.72. The van der Waals surface area contributed by atoms with Crippen LogP contribution in [0.4, 0.5) is 11.4 Å². The minimum atomic E-state index is -3.80. The van der Waals surface area contributed by atoms with Crippen LogP contribution in [0.1, 0.15) is 20.3 Å². The van der Waals surface area contributed by atoms with Crippen LogP contribution in [0.2, 0.25) is 0 Å².